The predicted molar refractivity (Wildman–Crippen MR) is 149 cm³/mol. The van der Waals surface area contributed by atoms with E-state index in [1.807, 2.05) is 0 Å². The van der Waals surface area contributed by atoms with Crippen LogP contribution in [0.3, 0.4) is 0 Å². The fraction of sp³-hybridized carbons (Fsp3) is 0.185. The van der Waals surface area contributed by atoms with Crippen molar-refractivity contribution in [1.29, 1.82) is 0 Å². The first-order valence-electron chi connectivity index (χ1n) is 12.3. The first-order valence-corrected chi connectivity index (χ1v) is 13.7. The Hall–Kier alpha value is -4.91. The number of carbonyl (C=O) groups is 2. The van der Waals surface area contributed by atoms with E-state index >= 15 is 0 Å². The fourth-order valence-electron chi connectivity index (χ4n) is 4.74. The smallest absolute Gasteiger partial charge is 0.290 e. The molecule has 0 radical (unpaired) electrons. The highest BCUT2D eigenvalue weighted by Gasteiger charge is 2.44. The van der Waals surface area contributed by atoms with Gasteiger partial charge in [-0.2, -0.15) is 17.6 Å². The molecule has 3 N–H and O–H groups in total. The van der Waals surface area contributed by atoms with Crippen molar-refractivity contribution in [2.24, 2.45) is 12.8 Å². The first kappa shape index (κ1) is 26.7. The molecular formula is C27H26N6O6S. The Balaban J connectivity index is 1.56. The molecule has 0 aliphatic carbocycles. The quantitative estimate of drug-likeness (QED) is 0.363. The van der Waals surface area contributed by atoms with E-state index < -0.39 is 21.8 Å². The number of nitrogens with two attached hydrogens (primary N) is 1. The molecule has 0 saturated heterocycles. The molecule has 3 heterocycles. The van der Waals surface area contributed by atoms with E-state index in [-0.39, 0.29) is 33.9 Å². The van der Waals surface area contributed by atoms with Crippen LogP contribution >= 0.6 is 0 Å². The molecule has 5 rings (SSSR count). The van der Waals surface area contributed by atoms with Gasteiger partial charge < -0.3 is 15.6 Å². The van der Waals surface area contributed by atoms with Gasteiger partial charge >= 0.3 is 0 Å². The lowest BCUT2D eigenvalue weighted by Crippen LogP contribution is -2.42. The maximum absolute atomic E-state index is 13.8. The van der Waals surface area contributed by atoms with Gasteiger partial charge in [-0.3, -0.25) is 19.4 Å². The molecule has 0 fully saturated rings. The van der Waals surface area contributed by atoms with E-state index in [4.69, 9.17) is 10.3 Å². The van der Waals surface area contributed by atoms with Gasteiger partial charge in [0.15, 0.2) is 5.69 Å². The molecule has 2 amide bonds. The Bertz CT molecular complexity index is 1840. The summed E-state index contributed by atoms with van der Waals surface area (Å²) in [6, 6.07) is 14.0. The molecule has 2 aromatic heterocycles. The summed E-state index contributed by atoms with van der Waals surface area (Å²) in [4.78, 5) is 41.8. The molecule has 0 atom stereocenters. The number of aryl methyl sites for hydroxylation is 3. The van der Waals surface area contributed by atoms with Crippen LogP contribution in [0.5, 0.6) is 0 Å². The number of carbonyl (C=O) groups excluding carboxylic acids is 2. The number of amides is 2. The Morgan fingerprint density at radius 3 is 2.38 bits per heavy atom. The zero-order valence-corrected chi connectivity index (χ0v) is 22.9. The number of fused-ring (bicyclic) bond motifs is 1. The normalized spacial score (nSPS) is 13.8. The van der Waals surface area contributed by atoms with Crippen LogP contribution in [-0.4, -0.2) is 36.5 Å². The molecule has 12 nitrogen and oxygen atoms in total. The van der Waals surface area contributed by atoms with Crippen LogP contribution in [0.2, 0.25) is 0 Å². The highest BCUT2D eigenvalue weighted by Crippen LogP contribution is 2.43. The van der Waals surface area contributed by atoms with Crippen molar-refractivity contribution in [2.75, 3.05) is 21.3 Å². The minimum Gasteiger partial charge on any atom is -0.381 e. The summed E-state index contributed by atoms with van der Waals surface area (Å²) >= 11 is 0. The Labute approximate surface area is 229 Å². The molecule has 2 aromatic carbocycles. The van der Waals surface area contributed by atoms with Crippen LogP contribution < -0.4 is 26.0 Å². The summed E-state index contributed by atoms with van der Waals surface area (Å²) in [6.45, 7) is 5.22. The molecule has 40 heavy (non-hydrogen) atoms. The van der Waals surface area contributed by atoms with E-state index in [9.17, 15) is 22.8 Å². The molecular weight excluding hydrogens is 536 g/mol. The van der Waals surface area contributed by atoms with E-state index in [2.05, 4.69) is 10.3 Å². The van der Waals surface area contributed by atoms with Crippen molar-refractivity contribution in [3.05, 3.63) is 87.7 Å². The third-order valence-electron chi connectivity index (χ3n) is 6.49. The topological polar surface area (TPSA) is 161 Å². The molecule has 0 unspecified atom stereocenters. The standard InChI is InChI=1S/C27H26N6O6S/c1-5-32-24-21(13-15(2)29-23(24)26(35)30-19-8-6-7-18(14-19)25(28)34)40(37,38)33(32)20-11-9-17(10-12-20)22-16(3)39-31(4)27(22)36/h6-14H,5H2,1-4H3,(H2,28,34)(H,30,35). The van der Waals surface area contributed by atoms with Gasteiger partial charge in [-0.15, -0.1) is 0 Å². The highest BCUT2D eigenvalue weighted by atomic mass is 32.2. The zero-order chi connectivity index (χ0) is 28.9. The van der Waals surface area contributed by atoms with Crippen LogP contribution in [0.1, 0.15) is 39.2 Å². The number of sulfonamides is 1. The number of nitrogens with one attached hydrogen (secondary N) is 1. The summed E-state index contributed by atoms with van der Waals surface area (Å²) in [5.74, 6) is -0.868. The van der Waals surface area contributed by atoms with E-state index in [0.717, 1.165) is 9.15 Å². The number of pyridine rings is 1. The van der Waals surface area contributed by atoms with Crippen LogP contribution in [-0.2, 0) is 17.1 Å². The fourth-order valence-corrected chi connectivity index (χ4v) is 6.55. The lowest BCUT2D eigenvalue weighted by atomic mass is 10.1. The van der Waals surface area contributed by atoms with Crippen LogP contribution in [0.25, 0.3) is 11.1 Å². The molecule has 0 bridgehead atoms. The zero-order valence-electron chi connectivity index (χ0n) is 22.1. The second kappa shape index (κ2) is 9.68. The summed E-state index contributed by atoms with van der Waals surface area (Å²) in [5, 5.41) is 4.15. The van der Waals surface area contributed by atoms with Crippen LogP contribution in [0.15, 0.2) is 68.8 Å². The molecule has 13 heteroatoms. The van der Waals surface area contributed by atoms with Gasteiger partial charge in [0.25, 0.3) is 21.5 Å². The largest absolute Gasteiger partial charge is 0.381 e. The highest BCUT2D eigenvalue weighted by molar-refractivity contribution is 7.93. The number of hydrogen-bond acceptors (Lipinski definition) is 8. The maximum Gasteiger partial charge on any atom is 0.290 e. The third kappa shape index (κ3) is 4.29. The number of hydrogen-bond donors (Lipinski definition) is 2. The van der Waals surface area contributed by atoms with Gasteiger partial charge in [-0.1, -0.05) is 18.2 Å². The molecule has 4 aromatic rings. The van der Waals surface area contributed by atoms with E-state index in [1.54, 1.807) is 57.2 Å². The average molecular weight is 563 g/mol. The monoisotopic (exact) mass is 562 g/mol. The summed E-state index contributed by atoms with van der Waals surface area (Å²) in [6.07, 6.45) is 0. The predicted octanol–water partition coefficient (Wildman–Crippen LogP) is 2.96. The van der Waals surface area contributed by atoms with Gasteiger partial charge in [-0.25, -0.2) is 4.98 Å². The lowest BCUT2D eigenvalue weighted by Gasteiger charge is -2.29. The van der Waals surface area contributed by atoms with Crippen molar-refractivity contribution in [2.45, 2.75) is 25.7 Å². The van der Waals surface area contributed by atoms with Crippen molar-refractivity contribution in [3.63, 3.8) is 0 Å². The molecule has 0 spiro atoms. The minimum atomic E-state index is -4.13. The number of primary amides is 1. The Morgan fingerprint density at radius 2 is 1.77 bits per heavy atom. The number of aromatic nitrogens is 2. The number of nitrogens with zero attached hydrogens (tertiary/aromatic N) is 4. The summed E-state index contributed by atoms with van der Waals surface area (Å²) in [7, 11) is -2.61. The summed E-state index contributed by atoms with van der Waals surface area (Å²) < 4.78 is 35.3. The van der Waals surface area contributed by atoms with Crippen molar-refractivity contribution in [1.82, 2.24) is 9.72 Å². The van der Waals surface area contributed by atoms with Gasteiger partial charge in [0.05, 0.1) is 11.3 Å². The van der Waals surface area contributed by atoms with Crippen molar-refractivity contribution in [3.8, 4) is 11.1 Å². The van der Waals surface area contributed by atoms with E-state index in [1.165, 1.54) is 30.3 Å². The Morgan fingerprint density at radius 1 is 1.07 bits per heavy atom. The van der Waals surface area contributed by atoms with E-state index in [0.29, 0.717) is 34.0 Å². The van der Waals surface area contributed by atoms with Crippen molar-refractivity contribution >= 4 is 38.9 Å². The average Bonchev–Trinajstić information content (AvgIpc) is 3.30. The SMILES string of the molecule is CCN1c2c(cc(C)nc2C(=O)Nc2cccc(C(N)=O)c2)S(=O)(=O)N1c1ccc(-c2c(C)on(C)c2=O)cc1. The molecule has 0 saturated carbocycles. The second-order valence-corrected chi connectivity index (χ2v) is 10.9. The molecule has 206 valence electrons. The Kier molecular flexibility index (Phi) is 6.46. The van der Waals surface area contributed by atoms with Crippen molar-refractivity contribution < 1.29 is 22.5 Å². The van der Waals surface area contributed by atoms with Crippen LogP contribution in [0, 0.1) is 13.8 Å². The van der Waals surface area contributed by atoms with Gasteiger partial charge in [0.2, 0.25) is 5.91 Å². The summed E-state index contributed by atoms with van der Waals surface area (Å²) in [5.41, 5.74) is 7.17. The van der Waals surface area contributed by atoms with Gasteiger partial charge in [0.1, 0.15) is 16.3 Å². The number of anilines is 3. The second-order valence-electron chi connectivity index (χ2n) is 9.19. The van der Waals surface area contributed by atoms with Gasteiger partial charge in [0, 0.05) is 30.5 Å². The molecule has 1 aliphatic rings. The first-order chi connectivity index (χ1) is 18.9. The molecule has 1 aliphatic heterocycles. The maximum atomic E-state index is 13.8. The minimum absolute atomic E-state index is 0.0680. The third-order valence-corrected chi connectivity index (χ3v) is 8.22. The van der Waals surface area contributed by atoms with Crippen LogP contribution in [0.4, 0.5) is 17.1 Å². The number of rotatable bonds is 6. The lowest BCUT2D eigenvalue weighted by molar-refractivity contribution is 0.0995. The number of benzene rings is 2. The number of hydrazine groups is 1. The van der Waals surface area contributed by atoms with Gasteiger partial charge in [-0.05, 0) is 62.7 Å².